The number of ketones is 1. The molecular formula is C19H16BrNO4. The number of nitrogens with one attached hydrogen (secondary N) is 1. The highest BCUT2D eigenvalue weighted by Crippen LogP contribution is 2.25. The van der Waals surface area contributed by atoms with Gasteiger partial charge in [-0.3, -0.25) is 4.79 Å². The Bertz CT molecular complexity index is 948. The van der Waals surface area contributed by atoms with E-state index in [-0.39, 0.29) is 5.78 Å². The summed E-state index contributed by atoms with van der Waals surface area (Å²) in [7, 11) is 1.52. The van der Waals surface area contributed by atoms with Crippen molar-refractivity contribution in [3.05, 3.63) is 64.3 Å². The van der Waals surface area contributed by atoms with Crippen molar-refractivity contribution < 1.29 is 19.1 Å². The fourth-order valence-electron chi connectivity index (χ4n) is 2.56. The molecule has 5 nitrogen and oxygen atoms in total. The molecule has 0 fully saturated rings. The Morgan fingerprint density at radius 3 is 2.64 bits per heavy atom. The average Bonchev–Trinajstić information content (AvgIpc) is 3.05. The number of hydrogen-bond acceptors (Lipinski definition) is 4. The number of aromatic amines is 1. The number of carbonyl (C=O) groups is 2. The van der Waals surface area contributed by atoms with E-state index in [4.69, 9.17) is 9.47 Å². The van der Waals surface area contributed by atoms with E-state index in [0.29, 0.717) is 21.3 Å². The van der Waals surface area contributed by atoms with E-state index in [1.54, 1.807) is 31.3 Å². The van der Waals surface area contributed by atoms with Crippen LogP contribution < -0.4 is 4.74 Å². The SMILES string of the molecule is COc1ccc(Br)c(C(=O)OC(C)C(=O)c2c[nH]c3ccccc23)c1. The fourth-order valence-corrected chi connectivity index (χ4v) is 2.97. The number of para-hydroxylation sites is 1. The molecule has 0 aliphatic heterocycles. The van der Waals surface area contributed by atoms with Crippen molar-refractivity contribution in [2.75, 3.05) is 7.11 Å². The zero-order valence-electron chi connectivity index (χ0n) is 13.7. The van der Waals surface area contributed by atoms with Crippen molar-refractivity contribution in [2.24, 2.45) is 0 Å². The molecule has 1 unspecified atom stereocenters. The van der Waals surface area contributed by atoms with Crippen LogP contribution in [0, 0.1) is 0 Å². The van der Waals surface area contributed by atoms with E-state index in [1.807, 2.05) is 24.3 Å². The topological polar surface area (TPSA) is 68.4 Å². The maximum atomic E-state index is 12.7. The molecule has 0 radical (unpaired) electrons. The minimum absolute atomic E-state index is 0.259. The maximum absolute atomic E-state index is 12.7. The van der Waals surface area contributed by atoms with Crippen LogP contribution in [0.2, 0.25) is 0 Å². The molecule has 0 bridgehead atoms. The van der Waals surface area contributed by atoms with Gasteiger partial charge in [0.15, 0.2) is 6.10 Å². The molecule has 0 saturated carbocycles. The molecule has 3 rings (SSSR count). The molecule has 3 aromatic rings. The second kappa shape index (κ2) is 7.11. The quantitative estimate of drug-likeness (QED) is 0.509. The van der Waals surface area contributed by atoms with Crippen LogP contribution in [-0.4, -0.2) is 30.0 Å². The van der Waals surface area contributed by atoms with Gasteiger partial charge in [-0.25, -0.2) is 4.79 Å². The molecule has 1 aromatic heterocycles. The summed E-state index contributed by atoms with van der Waals surface area (Å²) in [6, 6.07) is 12.5. The smallest absolute Gasteiger partial charge is 0.340 e. The highest BCUT2D eigenvalue weighted by atomic mass is 79.9. The molecular weight excluding hydrogens is 386 g/mol. The normalized spacial score (nSPS) is 12.0. The lowest BCUT2D eigenvalue weighted by Crippen LogP contribution is -2.24. The molecule has 0 saturated heterocycles. The number of esters is 1. The Morgan fingerprint density at radius 2 is 1.88 bits per heavy atom. The molecule has 0 amide bonds. The van der Waals surface area contributed by atoms with Crippen molar-refractivity contribution >= 4 is 38.6 Å². The number of rotatable bonds is 5. The van der Waals surface area contributed by atoms with Crippen molar-refractivity contribution in [3.8, 4) is 5.75 Å². The number of fused-ring (bicyclic) bond motifs is 1. The Kier molecular flexibility index (Phi) is 4.90. The zero-order chi connectivity index (χ0) is 18.0. The van der Waals surface area contributed by atoms with Gasteiger partial charge in [-0.05, 0) is 47.1 Å². The van der Waals surface area contributed by atoms with Gasteiger partial charge in [0.25, 0.3) is 0 Å². The third kappa shape index (κ3) is 3.44. The van der Waals surface area contributed by atoms with Crippen LogP contribution in [0.4, 0.5) is 0 Å². The first-order valence-corrected chi connectivity index (χ1v) is 8.45. The largest absolute Gasteiger partial charge is 0.497 e. The minimum atomic E-state index is -0.912. The minimum Gasteiger partial charge on any atom is -0.497 e. The van der Waals surface area contributed by atoms with E-state index in [2.05, 4.69) is 20.9 Å². The van der Waals surface area contributed by atoms with Crippen molar-refractivity contribution in [2.45, 2.75) is 13.0 Å². The lowest BCUT2D eigenvalue weighted by molar-refractivity contribution is 0.0318. The lowest BCUT2D eigenvalue weighted by Gasteiger charge is -2.13. The van der Waals surface area contributed by atoms with Crippen LogP contribution >= 0.6 is 15.9 Å². The number of aromatic nitrogens is 1. The predicted octanol–water partition coefficient (Wildman–Crippen LogP) is 4.37. The van der Waals surface area contributed by atoms with Crippen LogP contribution in [-0.2, 0) is 4.74 Å². The average molecular weight is 402 g/mol. The number of hydrogen-bond donors (Lipinski definition) is 1. The van der Waals surface area contributed by atoms with Gasteiger partial charge >= 0.3 is 5.97 Å². The first kappa shape index (κ1) is 17.2. The molecule has 128 valence electrons. The summed E-state index contributed by atoms with van der Waals surface area (Å²) >= 11 is 3.31. The second-order valence-electron chi connectivity index (χ2n) is 5.51. The van der Waals surface area contributed by atoms with Gasteiger partial charge in [0.05, 0.1) is 12.7 Å². The van der Waals surface area contributed by atoms with Gasteiger partial charge in [0.2, 0.25) is 5.78 Å². The summed E-state index contributed by atoms with van der Waals surface area (Å²) in [5, 5.41) is 0.804. The van der Waals surface area contributed by atoms with Gasteiger partial charge in [-0.2, -0.15) is 0 Å². The summed E-state index contributed by atoms with van der Waals surface area (Å²) < 4.78 is 11.1. The molecule has 25 heavy (non-hydrogen) atoms. The lowest BCUT2D eigenvalue weighted by atomic mass is 10.1. The van der Waals surface area contributed by atoms with Gasteiger partial charge in [0.1, 0.15) is 5.75 Å². The molecule has 0 spiro atoms. The maximum Gasteiger partial charge on any atom is 0.340 e. The molecule has 1 atom stereocenters. The number of methoxy groups -OCH3 is 1. The fraction of sp³-hybridized carbons (Fsp3) is 0.158. The first-order chi connectivity index (χ1) is 12.0. The van der Waals surface area contributed by atoms with Crippen LogP contribution in [0.25, 0.3) is 10.9 Å². The number of H-pyrrole nitrogens is 1. The Hall–Kier alpha value is -2.60. The Labute approximate surface area is 153 Å². The van der Waals surface area contributed by atoms with Gasteiger partial charge in [-0.1, -0.05) is 18.2 Å². The molecule has 1 heterocycles. The standard InChI is InChI=1S/C19H16BrNO4/c1-11(18(22)15-10-21-17-6-4-3-5-13(15)17)25-19(23)14-9-12(24-2)7-8-16(14)20/h3-11,21H,1-2H3. The summed E-state index contributed by atoms with van der Waals surface area (Å²) in [6.07, 6.45) is 0.725. The van der Waals surface area contributed by atoms with Crippen LogP contribution in [0.1, 0.15) is 27.6 Å². The molecule has 1 N–H and O–H groups in total. The molecule has 0 aliphatic carbocycles. The number of halogens is 1. The second-order valence-corrected chi connectivity index (χ2v) is 6.36. The molecule has 6 heteroatoms. The van der Waals surface area contributed by atoms with Crippen LogP contribution in [0.5, 0.6) is 5.75 Å². The monoisotopic (exact) mass is 401 g/mol. The third-order valence-corrected chi connectivity index (χ3v) is 4.59. The molecule has 0 aliphatic rings. The number of Topliss-reactive ketones (excluding diaryl/α,β-unsaturated/α-hetero) is 1. The van der Waals surface area contributed by atoms with Crippen molar-refractivity contribution in [1.82, 2.24) is 4.98 Å². The highest BCUT2D eigenvalue weighted by Gasteiger charge is 2.24. The van der Waals surface area contributed by atoms with E-state index in [9.17, 15) is 9.59 Å². The summed E-state index contributed by atoms with van der Waals surface area (Å²) in [5.74, 6) is -0.318. The number of carbonyl (C=O) groups excluding carboxylic acids is 2. The summed E-state index contributed by atoms with van der Waals surface area (Å²) in [6.45, 7) is 1.57. The van der Waals surface area contributed by atoms with Gasteiger partial charge in [-0.15, -0.1) is 0 Å². The number of benzene rings is 2. The Balaban J connectivity index is 1.81. The van der Waals surface area contributed by atoms with Gasteiger partial charge < -0.3 is 14.5 Å². The van der Waals surface area contributed by atoms with Crippen LogP contribution in [0.15, 0.2) is 53.1 Å². The van der Waals surface area contributed by atoms with E-state index in [1.165, 1.54) is 7.11 Å². The zero-order valence-corrected chi connectivity index (χ0v) is 15.3. The first-order valence-electron chi connectivity index (χ1n) is 7.66. The van der Waals surface area contributed by atoms with Crippen molar-refractivity contribution in [3.63, 3.8) is 0 Å². The van der Waals surface area contributed by atoms with E-state index < -0.39 is 12.1 Å². The summed E-state index contributed by atoms with van der Waals surface area (Å²) in [5.41, 5.74) is 1.67. The van der Waals surface area contributed by atoms with Gasteiger partial charge in [0, 0.05) is 27.1 Å². The predicted molar refractivity (Wildman–Crippen MR) is 98.2 cm³/mol. The van der Waals surface area contributed by atoms with E-state index in [0.717, 1.165) is 10.9 Å². The third-order valence-electron chi connectivity index (χ3n) is 3.90. The highest BCUT2D eigenvalue weighted by molar-refractivity contribution is 9.10. The molecule has 2 aromatic carbocycles. The van der Waals surface area contributed by atoms with Crippen molar-refractivity contribution in [1.29, 1.82) is 0 Å². The Morgan fingerprint density at radius 1 is 1.12 bits per heavy atom. The van der Waals surface area contributed by atoms with Crippen LogP contribution in [0.3, 0.4) is 0 Å². The van der Waals surface area contributed by atoms with E-state index >= 15 is 0 Å². The summed E-state index contributed by atoms with van der Waals surface area (Å²) in [4.78, 5) is 28.1. The number of ether oxygens (including phenoxy) is 2.